The van der Waals surface area contributed by atoms with Crippen molar-refractivity contribution in [1.82, 2.24) is 24.6 Å². The molecule has 0 radical (unpaired) electrons. The number of anilines is 1. The number of halogens is 3. The molecule has 4 rings (SSSR count). The van der Waals surface area contributed by atoms with Gasteiger partial charge in [-0.05, 0) is 38.0 Å². The van der Waals surface area contributed by atoms with Crippen molar-refractivity contribution in [2.24, 2.45) is 0 Å². The van der Waals surface area contributed by atoms with Gasteiger partial charge in [0.25, 0.3) is 0 Å². The minimum Gasteiger partial charge on any atom is -0.381 e. The molecule has 1 aliphatic rings. The number of piperidine rings is 1. The molecule has 1 fully saturated rings. The van der Waals surface area contributed by atoms with Gasteiger partial charge < -0.3 is 10.4 Å². The SMILES string of the molecule is C[C@@H](N1CCC(Nc2ccc(Cl)cn2)CC1)[C@](O)(Cn1cncn1)c1ccc(F)cc1F. The van der Waals surface area contributed by atoms with Crippen molar-refractivity contribution in [3.63, 3.8) is 0 Å². The second-order valence-corrected chi connectivity index (χ2v) is 8.57. The van der Waals surface area contributed by atoms with E-state index in [2.05, 4.69) is 25.3 Å². The molecule has 0 bridgehead atoms. The van der Waals surface area contributed by atoms with Gasteiger partial charge in [0.15, 0.2) is 0 Å². The summed E-state index contributed by atoms with van der Waals surface area (Å²) >= 11 is 5.89. The fourth-order valence-electron chi connectivity index (χ4n) is 4.25. The predicted octanol–water partition coefficient (Wildman–Crippen LogP) is 3.46. The minimum atomic E-state index is -1.64. The highest BCUT2D eigenvalue weighted by Gasteiger charge is 2.42. The summed E-state index contributed by atoms with van der Waals surface area (Å²) in [5, 5.41) is 19.8. The highest BCUT2D eigenvalue weighted by Crippen LogP contribution is 2.34. The van der Waals surface area contributed by atoms with Gasteiger partial charge in [-0.2, -0.15) is 5.10 Å². The van der Waals surface area contributed by atoms with Gasteiger partial charge in [0.05, 0.1) is 11.6 Å². The summed E-state index contributed by atoms with van der Waals surface area (Å²) in [6, 6.07) is 6.65. The molecule has 10 heteroatoms. The number of hydrogen-bond donors (Lipinski definition) is 2. The topological polar surface area (TPSA) is 79.1 Å². The zero-order valence-corrected chi connectivity index (χ0v) is 18.4. The van der Waals surface area contributed by atoms with Gasteiger partial charge in [0, 0.05) is 43.0 Å². The van der Waals surface area contributed by atoms with E-state index < -0.39 is 23.3 Å². The Morgan fingerprint density at radius 3 is 2.66 bits per heavy atom. The van der Waals surface area contributed by atoms with Crippen LogP contribution in [0.25, 0.3) is 0 Å². The van der Waals surface area contributed by atoms with E-state index in [0.717, 1.165) is 30.8 Å². The average Bonchev–Trinajstić information content (AvgIpc) is 3.28. The van der Waals surface area contributed by atoms with Gasteiger partial charge >= 0.3 is 0 Å². The van der Waals surface area contributed by atoms with E-state index in [1.807, 2.05) is 13.0 Å². The molecule has 170 valence electrons. The summed E-state index contributed by atoms with van der Waals surface area (Å²) in [4.78, 5) is 10.3. The number of likely N-dealkylation sites (tertiary alicyclic amines) is 1. The van der Waals surface area contributed by atoms with Crippen LogP contribution in [0.4, 0.5) is 14.6 Å². The number of aromatic nitrogens is 4. The van der Waals surface area contributed by atoms with Crippen LogP contribution in [0.15, 0.2) is 49.2 Å². The number of benzene rings is 1. The van der Waals surface area contributed by atoms with Crippen LogP contribution in [0.3, 0.4) is 0 Å². The largest absolute Gasteiger partial charge is 0.381 e. The van der Waals surface area contributed by atoms with Crippen LogP contribution in [0.5, 0.6) is 0 Å². The maximum Gasteiger partial charge on any atom is 0.137 e. The standard InChI is InChI=1S/C22H25ClF2N6O/c1-15(30-8-6-18(7-9-30)29-21-5-2-16(23)11-27-21)22(32,12-31-14-26-13-28-31)19-4-3-17(24)10-20(19)25/h2-5,10-11,13-15,18,32H,6-9,12H2,1H3,(H,27,29)/t15-,22-/m1/s1. The van der Waals surface area contributed by atoms with Crippen molar-refractivity contribution < 1.29 is 13.9 Å². The van der Waals surface area contributed by atoms with Gasteiger partial charge in [-0.15, -0.1) is 0 Å². The number of nitrogens with one attached hydrogen (secondary N) is 1. The van der Waals surface area contributed by atoms with Crippen molar-refractivity contribution in [3.05, 3.63) is 71.4 Å². The maximum absolute atomic E-state index is 14.7. The molecule has 2 aromatic heterocycles. The molecule has 3 aromatic rings. The molecule has 0 unspecified atom stereocenters. The molecule has 3 heterocycles. The van der Waals surface area contributed by atoms with Crippen molar-refractivity contribution in [1.29, 1.82) is 0 Å². The van der Waals surface area contributed by atoms with Crippen LogP contribution in [0.1, 0.15) is 25.3 Å². The molecule has 2 atom stereocenters. The Hall–Kier alpha value is -2.62. The number of aliphatic hydroxyl groups is 1. The zero-order chi connectivity index (χ0) is 22.7. The molecule has 1 aromatic carbocycles. The van der Waals surface area contributed by atoms with Crippen molar-refractivity contribution in [2.75, 3.05) is 18.4 Å². The van der Waals surface area contributed by atoms with Crippen LogP contribution in [-0.4, -0.2) is 54.9 Å². The molecule has 0 amide bonds. The summed E-state index contributed by atoms with van der Waals surface area (Å²) in [6.07, 6.45) is 6.06. The van der Waals surface area contributed by atoms with Crippen LogP contribution in [-0.2, 0) is 12.1 Å². The lowest BCUT2D eigenvalue weighted by atomic mass is 9.84. The molecular weight excluding hydrogens is 438 g/mol. The normalized spacial score (nSPS) is 18.3. The summed E-state index contributed by atoms with van der Waals surface area (Å²) < 4.78 is 29.7. The summed E-state index contributed by atoms with van der Waals surface area (Å²) in [5.74, 6) is -0.716. The first-order chi connectivity index (χ1) is 15.3. The lowest BCUT2D eigenvalue weighted by Crippen LogP contribution is -2.55. The highest BCUT2D eigenvalue weighted by atomic mass is 35.5. The van der Waals surface area contributed by atoms with E-state index >= 15 is 0 Å². The summed E-state index contributed by atoms with van der Waals surface area (Å²) in [6.45, 7) is 3.22. The molecule has 32 heavy (non-hydrogen) atoms. The van der Waals surface area contributed by atoms with Gasteiger partial charge in [-0.3, -0.25) is 4.90 Å². The molecule has 0 aliphatic carbocycles. The fourth-order valence-corrected chi connectivity index (χ4v) is 4.36. The Bertz CT molecular complexity index is 1030. The maximum atomic E-state index is 14.7. The lowest BCUT2D eigenvalue weighted by molar-refractivity contribution is -0.0686. The average molecular weight is 463 g/mol. The molecule has 1 saturated heterocycles. The Morgan fingerprint density at radius 2 is 2.03 bits per heavy atom. The van der Waals surface area contributed by atoms with Gasteiger partial charge in [-0.1, -0.05) is 17.7 Å². The molecule has 7 nitrogen and oxygen atoms in total. The lowest BCUT2D eigenvalue weighted by Gasteiger charge is -2.44. The van der Waals surface area contributed by atoms with Gasteiger partial charge in [0.1, 0.15) is 35.7 Å². The van der Waals surface area contributed by atoms with Crippen molar-refractivity contribution >= 4 is 17.4 Å². The Kier molecular flexibility index (Phi) is 6.68. The van der Waals surface area contributed by atoms with Crippen LogP contribution in [0.2, 0.25) is 5.02 Å². The van der Waals surface area contributed by atoms with Crippen LogP contribution >= 0.6 is 11.6 Å². The number of rotatable bonds is 7. The minimum absolute atomic E-state index is 0.0103. The molecule has 0 saturated carbocycles. The van der Waals surface area contributed by atoms with Crippen molar-refractivity contribution in [2.45, 2.75) is 44.0 Å². The molecule has 0 spiro atoms. The second kappa shape index (κ2) is 9.48. The number of nitrogens with zero attached hydrogens (tertiary/aromatic N) is 5. The number of hydrogen-bond acceptors (Lipinski definition) is 6. The fraction of sp³-hybridized carbons (Fsp3) is 0.409. The molecular formula is C22H25ClF2N6O. The monoisotopic (exact) mass is 462 g/mol. The predicted molar refractivity (Wildman–Crippen MR) is 117 cm³/mol. The summed E-state index contributed by atoms with van der Waals surface area (Å²) in [7, 11) is 0. The van der Waals surface area contributed by atoms with Crippen LogP contribution < -0.4 is 5.32 Å². The van der Waals surface area contributed by atoms with Gasteiger partial charge in [0.2, 0.25) is 0 Å². The second-order valence-electron chi connectivity index (χ2n) is 8.13. The Balaban J connectivity index is 1.50. The summed E-state index contributed by atoms with van der Waals surface area (Å²) in [5.41, 5.74) is -1.60. The van der Waals surface area contributed by atoms with E-state index in [1.165, 1.54) is 23.4 Å². The van der Waals surface area contributed by atoms with E-state index in [0.29, 0.717) is 18.1 Å². The highest BCUT2D eigenvalue weighted by molar-refractivity contribution is 6.30. The van der Waals surface area contributed by atoms with E-state index in [-0.39, 0.29) is 18.2 Å². The third kappa shape index (κ3) is 4.90. The molecule has 1 aliphatic heterocycles. The first-order valence-electron chi connectivity index (χ1n) is 10.5. The van der Waals surface area contributed by atoms with Crippen LogP contribution in [0, 0.1) is 11.6 Å². The Labute approximate surface area is 190 Å². The third-order valence-corrected chi connectivity index (χ3v) is 6.34. The first kappa shape index (κ1) is 22.6. The smallest absolute Gasteiger partial charge is 0.137 e. The quantitative estimate of drug-likeness (QED) is 0.560. The van der Waals surface area contributed by atoms with Crippen molar-refractivity contribution in [3.8, 4) is 0 Å². The number of pyridine rings is 1. The first-order valence-corrected chi connectivity index (χ1v) is 10.9. The van der Waals surface area contributed by atoms with E-state index in [9.17, 15) is 13.9 Å². The zero-order valence-electron chi connectivity index (χ0n) is 17.6. The Morgan fingerprint density at radius 1 is 1.25 bits per heavy atom. The molecule has 2 N–H and O–H groups in total. The van der Waals surface area contributed by atoms with Gasteiger partial charge in [-0.25, -0.2) is 23.4 Å². The van der Waals surface area contributed by atoms with E-state index in [4.69, 9.17) is 11.6 Å². The van der Waals surface area contributed by atoms with E-state index in [1.54, 1.807) is 12.3 Å². The third-order valence-electron chi connectivity index (χ3n) is 6.11.